The number of allylic oxidation sites excluding steroid dienone is 1. The Morgan fingerprint density at radius 2 is 1.96 bits per heavy atom. The van der Waals surface area contributed by atoms with E-state index in [1.165, 1.54) is 0 Å². The van der Waals surface area contributed by atoms with E-state index in [0.29, 0.717) is 28.4 Å². The van der Waals surface area contributed by atoms with Gasteiger partial charge < -0.3 is 9.84 Å². The number of carbonyl (C=O) groups is 1. The van der Waals surface area contributed by atoms with Crippen molar-refractivity contribution in [2.45, 2.75) is 20.4 Å². The number of phenols is 1. The van der Waals surface area contributed by atoms with Gasteiger partial charge in [0.15, 0.2) is 5.76 Å². The molecule has 0 bridgehead atoms. The van der Waals surface area contributed by atoms with Gasteiger partial charge in [-0.05, 0) is 49.0 Å². The molecule has 5 heteroatoms. The van der Waals surface area contributed by atoms with Crippen LogP contribution in [-0.4, -0.2) is 28.9 Å². The Morgan fingerprint density at radius 3 is 2.64 bits per heavy atom. The molecule has 0 spiro atoms. The molecule has 0 radical (unpaired) electrons. The standard InChI is InChI=1S/C20H20ClNO3/c1-3-22(4-2)12-16-17(23)9-8-15-19(24)18(25-20(15)16)11-13-6-5-7-14(21)10-13/h5-11,23H,3-4,12H2,1-2H3/b18-11+. The molecule has 2 aromatic carbocycles. The van der Waals surface area contributed by atoms with Crippen molar-refractivity contribution in [2.75, 3.05) is 13.1 Å². The zero-order valence-corrected chi connectivity index (χ0v) is 15.0. The highest BCUT2D eigenvalue weighted by molar-refractivity contribution is 6.30. The van der Waals surface area contributed by atoms with Gasteiger partial charge in [0.05, 0.1) is 11.1 Å². The summed E-state index contributed by atoms with van der Waals surface area (Å²) in [6, 6.07) is 10.4. The van der Waals surface area contributed by atoms with E-state index in [9.17, 15) is 9.90 Å². The van der Waals surface area contributed by atoms with Crippen molar-refractivity contribution in [1.82, 2.24) is 4.90 Å². The summed E-state index contributed by atoms with van der Waals surface area (Å²) in [4.78, 5) is 14.8. The van der Waals surface area contributed by atoms with Crippen LogP contribution in [0.15, 0.2) is 42.2 Å². The molecule has 0 unspecified atom stereocenters. The van der Waals surface area contributed by atoms with Crippen LogP contribution in [0.25, 0.3) is 6.08 Å². The number of hydrogen-bond acceptors (Lipinski definition) is 4. The summed E-state index contributed by atoms with van der Waals surface area (Å²) in [5, 5.41) is 10.9. The predicted octanol–water partition coefficient (Wildman–Crippen LogP) is 4.50. The number of ether oxygens (including phenoxy) is 1. The van der Waals surface area contributed by atoms with Crippen LogP contribution in [0.5, 0.6) is 11.5 Å². The first-order chi connectivity index (χ1) is 12.0. The van der Waals surface area contributed by atoms with Crippen LogP contribution in [0.3, 0.4) is 0 Å². The van der Waals surface area contributed by atoms with E-state index in [2.05, 4.69) is 18.7 Å². The Hall–Kier alpha value is -2.30. The lowest BCUT2D eigenvalue weighted by Crippen LogP contribution is -2.22. The summed E-state index contributed by atoms with van der Waals surface area (Å²) in [7, 11) is 0. The van der Waals surface area contributed by atoms with E-state index >= 15 is 0 Å². The lowest BCUT2D eigenvalue weighted by molar-refractivity contribution is 0.101. The maximum absolute atomic E-state index is 12.7. The normalized spacial score (nSPS) is 14.9. The molecular formula is C20H20ClNO3. The molecule has 1 aliphatic heterocycles. The lowest BCUT2D eigenvalue weighted by Gasteiger charge is -2.20. The van der Waals surface area contributed by atoms with Crippen molar-refractivity contribution in [3.63, 3.8) is 0 Å². The Bertz CT molecular complexity index is 841. The number of aromatic hydroxyl groups is 1. The molecule has 0 aliphatic carbocycles. The van der Waals surface area contributed by atoms with Crippen molar-refractivity contribution in [2.24, 2.45) is 0 Å². The van der Waals surface area contributed by atoms with Gasteiger partial charge in [-0.1, -0.05) is 37.6 Å². The average Bonchev–Trinajstić information content (AvgIpc) is 2.90. The highest BCUT2D eigenvalue weighted by Crippen LogP contribution is 2.40. The highest BCUT2D eigenvalue weighted by Gasteiger charge is 2.31. The largest absolute Gasteiger partial charge is 0.507 e. The molecule has 2 aromatic rings. The molecule has 0 saturated carbocycles. The third-order valence-corrected chi connectivity index (χ3v) is 4.57. The minimum atomic E-state index is -0.184. The van der Waals surface area contributed by atoms with Gasteiger partial charge in [0.1, 0.15) is 11.5 Å². The molecule has 3 rings (SSSR count). The van der Waals surface area contributed by atoms with E-state index in [-0.39, 0.29) is 17.3 Å². The first-order valence-corrected chi connectivity index (χ1v) is 8.68. The van der Waals surface area contributed by atoms with Crippen molar-refractivity contribution in [3.8, 4) is 11.5 Å². The van der Waals surface area contributed by atoms with E-state index in [4.69, 9.17) is 16.3 Å². The minimum Gasteiger partial charge on any atom is -0.507 e. The van der Waals surface area contributed by atoms with Gasteiger partial charge in [-0.25, -0.2) is 0 Å². The van der Waals surface area contributed by atoms with Crippen LogP contribution in [0, 0.1) is 0 Å². The van der Waals surface area contributed by atoms with Gasteiger partial charge in [0.25, 0.3) is 0 Å². The zero-order chi connectivity index (χ0) is 18.0. The zero-order valence-electron chi connectivity index (χ0n) is 14.3. The molecule has 0 amide bonds. The van der Waals surface area contributed by atoms with Gasteiger partial charge in [-0.2, -0.15) is 0 Å². The summed E-state index contributed by atoms with van der Waals surface area (Å²) in [5.74, 6) is 0.645. The monoisotopic (exact) mass is 357 g/mol. The summed E-state index contributed by atoms with van der Waals surface area (Å²) in [5.41, 5.74) is 1.91. The molecule has 4 nitrogen and oxygen atoms in total. The number of benzene rings is 2. The lowest BCUT2D eigenvalue weighted by atomic mass is 10.0. The molecule has 0 atom stereocenters. The number of carbonyl (C=O) groups excluding carboxylic acids is 1. The smallest absolute Gasteiger partial charge is 0.231 e. The van der Waals surface area contributed by atoms with Crippen molar-refractivity contribution >= 4 is 23.5 Å². The molecule has 25 heavy (non-hydrogen) atoms. The van der Waals surface area contributed by atoms with Crippen LogP contribution in [0.2, 0.25) is 5.02 Å². The number of fused-ring (bicyclic) bond motifs is 1. The maximum Gasteiger partial charge on any atom is 0.231 e. The number of nitrogens with zero attached hydrogens (tertiary/aromatic N) is 1. The number of ketones is 1. The fourth-order valence-corrected chi connectivity index (χ4v) is 3.07. The summed E-state index contributed by atoms with van der Waals surface area (Å²) in [6.45, 7) is 6.33. The van der Waals surface area contributed by atoms with E-state index in [1.807, 2.05) is 12.1 Å². The predicted molar refractivity (Wildman–Crippen MR) is 99.1 cm³/mol. The van der Waals surface area contributed by atoms with Crippen LogP contribution in [0.1, 0.15) is 35.3 Å². The first-order valence-electron chi connectivity index (χ1n) is 8.30. The van der Waals surface area contributed by atoms with Gasteiger partial charge in [-0.15, -0.1) is 0 Å². The molecule has 1 aliphatic rings. The van der Waals surface area contributed by atoms with Gasteiger partial charge in [0.2, 0.25) is 5.78 Å². The fraction of sp³-hybridized carbons (Fsp3) is 0.250. The Labute approximate surface area is 152 Å². The first kappa shape index (κ1) is 17.5. The highest BCUT2D eigenvalue weighted by atomic mass is 35.5. The molecule has 130 valence electrons. The summed E-state index contributed by atoms with van der Waals surface area (Å²) in [6.07, 6.45) is 1.67. The van der Waals surface area contributed by atoms with Crippen LogP contribution < -0.4 is 4.74 Å². The number of phenolic OH excluding ortho intramolecular Hbond substituents is 1. The number of halogens is 1. The van der Waals surface area contributed by atoms with E-state index in [1.54, 1.807) is 30.3 Å². The van der Waals surface area contributed by atoms with Crippen LogP contribution >= 0.6 is 11.6 Å². The molecular weight excluding hydrogens is 338 g/mol. The Balaban J connectivity index is 1.98. The van der Waals surface area contributed by atoms with E-state index < -0.39 is 0 Å². The SMILES string of the molecule is CCN(CC)Cc1c(O)ccc2c1O/C(=C/c1cccc(Cl)c1)C2=O. The Kier molecular flexibility index (Phi) is 5.11. The van der Waals surface area contributed by atoms with Gasteiger partial charge in [-0.3, -0.25) is 9.69 Å². The van der Waals surface area contributed by atoms with Gasteiger partial charge in [0, 0.05) is 11.6 Å². The van der Waals surface area contributed by atoms with Crippen LogP contribution in [0.4, 0.5) is 0 Å². The summed E-state index contributed by atoms with van der Waals surface area (Å²) < 4.78 is 5.85. The Morgan fingerprint density at radius 1 is 1.20 bits per heavy atom. The molecule has 1 N–H and O–H groups in total. The number of Topliss-reactive ketones (excluding diaryl/α,β-unsaturated/α-hetero) is 1. The van der Waals surface area contributed by atoms with Crippen molar-refractivity contribution in [1.29, 1.82) is 0 Å². The summed E-state index contributed by atoms with van der Waals surface area (Å²) >= 11 is 6.00. The third kappa shape index (κ3) is 3.55. The topological polar surface area (TPSA) is 49.8 Å². The van der Waals surface area contributed by atoms with Gasteiger partial charge >= 0.3 is 0 Å². The number of hydrogen-bond donors (Lipinski definition) is 1. The second kappa shape index (κ2) is 7.30. The van der Waals surface area contributed by atoms with Crippen molar-refractivity contribution < 1.29 is 14.6 Å². The third-order valence-electron chi connectivity index (χ3n) is 4.34. The molecule has 0 aromatic heterocycles. The maximum atomic E-state index is 12.7. The minimum absolute atomic E-state index is 0.141. The van der Waals surface area contributed by atoms with Crippen LogP contribution in [-0.2, 0) is 6.54 Å². The number of rotatable bonds is 5. The van der Waals surface area contributed by atoms with E-state index in [0.717, 1.165) is 18.7 Å². The quantitative estimate of drug-likeness (QED) is 0.800. The fourth-order valence-electron chi connectivity index (χ4n) is 2.87. The average molecular weight is 358 g/mol. The second-order valence-electron chi connectivity index (χ2n) is 5.90. The molecule has 1 heterocycles. The molecule has 0 saturated heterocycles. The van der Waals surface area contributed by atoms with Crippen molar-refractivity contribution in [3.05, 3.63) is 63.9 Å². The molecule has 0 fully saturated rings. The second-order valence-corrected chi connectivity index (χ2v) is 6.33.